The minimum absolute atomic E-state index is 0.205. The average molecular weight is 579 g/mol. The van der Waals surface area contributed by atoms with Gasteiger partial charge in [-0.25, -0.2) is 0 Å². The molecule has 3 rings (SSSR count). The van der Waals surface area contributed by atoms with Crippen LogP contribution in [0, 0.1) is 0 Å². The minimum Gasteiger partial charge on any atom is -0.455 e. The van der Waals surface area contributed by atoms with Gasteiger partial charge in [0, 0.05) is 27.7 Å². The highest BCUT2D eigenvalue weighted by Crippen LogP contribution is 2.59. The molecule has 40 heavy (non-hydrogen) atoms. The molecule has 0 amide bonds. The summed E-state index contributed by atoms with van der Waals surface area (Å²) in [6, 6.07) is 17.5. The molecule has 0 saturated carbocycles. The van der Waals surface area contributed by atoms with E-state index < -0.39 is 61.9 Å². The minimum atomic E-state index is -4.48. The average Bonchev–Trinajstić information content (AvgIpc) is 2.89. The van der Waals surface area contributed by atoms with E-state index in [1.165, 1.54) is 0 Å². The smallest absolute Gasteiger partial charge is 0.363 e. The summed E-state index contributed by atoms with van der Waals surface area (Å²) in [5.41, 5.74) is 1.27. The van der Waals surface area contributed by atoms with E-state index in [2.05, 4.69) is 0 Å². The Morgan fingerprint density at radius 2 is 1.02 bits per heavy atom. The predicted octanol–water partition coefficient (Wildman–Crippen LogP) is 3.65. The quantitative estimate of drug-likeness (QED) is 0.217. The molecule has 216 valence electrons. The molecular weight excluding hydrogens is 547 g/mol. The third-order valence-electron chi connectivity index (χ3n) is 5.48. The van der Waals surface area contributed by atoms with Crippen molar-refractivity contribution in [3.63, 3.8) is 0 Å². The van der Waals surface area contributed by atoms with Crippen LogP contribution >= 0.6 is 7.60 Å². The monoisotopic (exact) mass is 578 g/mol. The molecule has 1 saturated heterocycles. The predicted molar refractivity (Wildman–Crippen MR) is 137 cm³/mol. The largest absolute Gasteiger partial charge is 0.455 e. The number of benzene rings is 2. The summed E-state index contributed by atoms with van der Waals surface area (Å²) in [6.45, 7) is 3.87. The zero-order chi connectivity index (χ0) is 29.3. The molecule has 1 heterocycles. The maximum Gasteiger partial charge on any atom is 0.363 e. The van der Waals surface area contributed by atoms with E-state index in [9.17, 15) is 23.7 Å². The van der Waals surface area contributed by atoms with E-state index in [1.807, 2.05) is 0 Å². The highest BCUT2D eigenvalue weighted by atomic mass is 31.2. The van der Waals surface area contributed by atoms with Crippen LogP contribution in [0.4, 0.5) is 0 Å². The van der Waals surface area contributed by atoms with Crippen molar-refractivity contribution in [2.24, 2.45) is 0 Å². The van der Waals surface area contributed by atoms with Crippen molar-refractivity contribution in [1.29, 1.82) is 0 Å². The van der Waals surface area contributed by atoms with Crippen LogP contribution in [0.3, 0.4) is 0 Å². The Balaban J connectivity index is 2.09. The van der Waals surface area contributed by atoms with E-state index in [-0.39, 0.29) is 13.2 Å². The maximum atomic E-state index is 14.5. The number of rotatable bonds is 11. The first kappa shape index (κ1) is 31.0. The number of hydrogen-bond acceptors (Lipinski definition) is 12. The Bertz CT molecular complexity index is 1170. The highest BCUT2D eigenvalue weighted by Gasteiger charge is 2.60. The van der Waals surface area contributed by atoms with Crippen molar-refractivity contribution in [2.75, 3.05) is 0 Å². The third-order valence-corrected chi connectivity index (χ3v) is 7.50. The second-order valence-corrected chi connectivity index (χ2v) is 10.9. The zero-order valence-electron chi connectivity index (χ0n) is 22.4. The van der Waals surface area contributed by atoms with Gasteiger partial charge in [0.05, 0.1) is 13.2 Å². The van der Waals surface area contributed by atoms with Crippen LogP contribution in [0.5, 0.6) is 0 Å². The molecule has 12 nitrogen and oxygen atoms in total. The van der Waals surface area contributed by atoms with E-state index in [4.69, 9.17) is 32.7 Å². The van der Waals surface area contributed by atoms with Gasteiger partial charge in [0.1, 0.15) is 0 Å². The number of ether oxygens (including phenoxy) is 5. The first-order valence-corrected chi connectivity index (χ1v) is 13.9. The lowest BCUT2D eigenvalue weighted by molar-refractivity contribution is -0.284. The molecule has 5 atom stereocenters. The van der Waals surface area contributed by atoms with Gasteiger partial charge in [-0.3, -0.25) is 23.7 Å². The van der Waals surface area contributed by atoms with Gasteiger partial charge in [-0.1, -0.05) is 60.7 Å². The summed E-state index contributed by atoms with van der Waals surface area (Å²) < 4.78 is 53.4. The lowest BCUT2D eigenvalue weighted by Crippen LogP contribution is -2.62. The highest BCUT2D eigenvalue weighted by molar-refractivity contribution is 7.54. The summed E-state index contributed by atoms with van der Waals surface area (Å²) in [5, 5.41) is 0. The molecule has 2 aromatic carbocycles. The van der Waals surface area contributed by atoms with E-state index in [0.29, 0.717) is 11.1 Å². The SMILES string of the molecule is CC(=O)O[C@@H]1O[C@H](P(=O)(OCc2ccccc2)OCc2ccccc2)[C@@H](OC(C)=O)[C@H](OC(C)=O)[C@H]1OC(C)=O. The van der Waals surface area contributed by atoms with Crippen LogP contribution in [-0.4, -0.2) is 54.3 Å². The van der Waals surface area contributed by atoms with Crippen LogP contribution in [0.15, 0.2) is 60.7 Å². The molecule has 0 spiro atoms. The van der Waals surface area contributed by atoms with Gasteiger partial charge in [0.15, 0.2) is 12.2 Å². The van der Waals surface area contributed by atoms with Crippen LogP contribution in [-0.2, 0) is 69.7 Å². The normalized spacial score (nSPS) is 22.6. The van der Waals surface area contributed by atoms with Crippen LogP contribution in [0.25, 0.3) is 0 Å². The number of carbonyl (C=O) groups is 4. The first-order valence-electron chi connectivity index (χ1n) is 12.3. The summed E-state index contributed by atoms with van der Waals surface area (Å²) in [4.78, 5) is 48.1. The van der Waals surface area contributed by atoms with Crippen molar-refractivity contribution in [2.45, 2.75) is 71.4 Å². The van der Waals surface area contributed by atoms with E-state index >= 15 is 0 Å². The molecule has 13 heteroatoms. The Kier molecular flexibility index (Phi) is 11.0. The standard InChI is InChI=1S/C27H31O12P/c1-17(28)35-23-24(36-18(2)29)26(38-20(4)31)39-27(25(23)37-19(3)30)40(32,33-15-21-11-7-5-8-12-21)34-16-22-13-9-6-10-14-22/h5-14,23-27H,15-16H2,1-4H3/t23-,24-,25+,26-,27-/m1/s1. The summed E-state index contributed by atoms with van der Waals surface area (Å²) >= 11 is 0. The van der Waals surface area contributed by atoms with Gasteiger partial charge >= 0.3 is 31.5 Å². The molecule has 1 fully saturated rings. The van der Waals surface area contributed by atoms with E-state index in [1.54, 1.807) is 60.7 Å². The molecule has 0 aliphatic carbocycles. The molecule has 2 aromatic rings. The number of hydrogen-bond donors (Lipinski definition) is 0. The lowest BCUT2D eigenvalue weighted by Gasteiger charge is -2.44. The van der Waals surface area contributed by atoms with E-state index in [0.717, 1.165) is 27.7 Å². The van der Waals surface area contributed by atoms with Gasteiger partial charge < -0.3 is 32.7 Å². The summed E-state index contributed by atoms with van der Waals surface area (Å²) in [7, 11) is -4.48. The van der Waals surface area contributed by atoms with Crippen molar-refractivity contribution in [1.82, 2.24) is 0 Å². The Hall–Kier alpha value is -3.57. The zero-order valence-corrected chi connectivity index (χ0v) is 23.3. The molecule has 1 aliphatic rings. The maximum absolute atomic E-state index is 14.5. The van der Waals surface area contributed by atoms with Crippen LogP contribution in [0.1, 0.15) is 38.8 Å². The van der Waals surface area contributed by atoms with Crippen LogP contribution < -0.4 is 0 Å². The van der Waals surface area contributed by atoms with Crippen molar-refractivity contribution < 1.29 is 56.5 Å². The topological polar surface area (TPSA) is 150 Å². The Labute approximate surface area is 231 Å². The van der Waals surface area contributed by atoms with Gasteiger partial charge in [-0.05, 0) is 11.1 Å². The molecular formula is C27H31O12P. The molecule has 0 radical (unpaired) electrons. The molecule has 0 bridgehead atoms. The van der Waals surface area contributed by atoms with Gasteiger partial charge in [0.25, 0.3) is 0 Å². The third kappa shape index (κ3) is 8.72. The number of esters is 4. The molecule has 1 aliphatic heterocycles. The first-order chi connectivity index (χ1) is 19.0. The second kappa shape index (κ2) is 14.2. The van der Waals surface area contributed by atoms with Crippen molar-refractivity contribution >= 4 is 31.5 Å². The van der Waals surface area contributed by atoms with Gasteiger partial charge in [-0.15, -0.1) is 0 Å². The van der Waals surface area contributed by atoms with Crippen molar-refractivity contribution in [3.05, 3.63) is 71.8 Å². The Morgan fingerprint density at radius 1 is 0.625 bits per heavy atom. The van der Waals surface area contributed by atoms with Crippen molar-refractivity contribution in [3.8, 4) is 0 Å². The second-order valence-electron chi connectivity index (χ2n) is 8.78. The molecule has 0 aromatic heterocycles. The fourth-order valence-electron chi connectivity index (χ4n) is 3.93. The van der Waals surface area contributed by atoms with Crippen LogP contribution in [0.2, 0.25) is 0 Å². The summed E-state index contributed by atoms with van der Waals surface area (Å²) in [5.74, 6) is -5.18. The summed E-state index contributed by atoms with van der Waals surface area (Å²) in [6.07, 6.45) is -6.57. The number of carbonyl (C=O) groups excluding carboxylic acids is 4. The van der Waals surface area contributed by atoms with Gasteiger partial charge in [-0.2, -0.15) is 0 Å². The Morgan fingerprint density at radius 3 is 1.45 bits per heavy atom. The fraction of sp³-hybridized carbons (Fsp3) is 0.407. The van der Waals surface area contributed by atoms with Gasteiger partial charge in [0.2, 0.25) is 18.2 Å². The molecule has 0 unspecified atom stereocenters. The lowest BCUT2D eigenvalue weighted by atomic mass is 10.0. The fourth-order valence-corrected chi connectivity index (χ4v) is 5.81. The molecule has 0 N–H and O–H groups in total.